The van der Waals surface area contributed by atoms with E-state index < -0.39 is 10.0 Å². The Labute approximate surface area is 203 Å². The van der Waals surface area contributed by atoms with Gasteiger partial charge in [0.25, 0.3) is 10.0 Å². The Morgan fingerprint density at radius 1 is 0.857 bits per heavy atom. The summed E-state index contributed by atoms with van der Waals surface area (Å²) in [7, 11) is -2.04. The fourth-order valence-corrected chi connectivity index (χ4v) is 4.74. The SMILES string of the molecule is COc1cncc(-c2cnn3ccc(Nc4ccc(NS(=O)(=O)c5ccc(C)cc5)cc4)cc23)c1. The third-order valence-corrected chi connectivity index (χ3v) is 6.94. The number of hydrogen-bond acceptors (Lipinski definition) is 6. The minimum Gasteiger partial charge on any atom is -0.495 e. The van der Waals surface area contributed by atoms with Crippen LogP contribution in [0.3, 0.4) is 0 Å². The molecule has 0 bridgehead atoms. The van der Waals surface area contributed by atoms with E-state index in [9.17, 15) is 8.42 Å². The lowest BCUT2D eigenvalue weighted by Gasteiger charge is -2.11. The first-order valence-electron chi connectivity index (χ1n) is 10.8. The van der Waals surface area contributed by atoms with Crippen LogP contribution in [0, 0.1) is 6.92 Å². The molecule has 0 fully saturated rings. The number of aromatic nitrogens is 3. The predicted octanol–water partition coefficient (Wildman–Crippen LogP) is 5.26. The van der Waals surface area contributed by atoms with Gasteiger partial charge in [-0.2, -0.15) is 5.10 Å². The van der Waals surface area contributed by atoms with Crippen molar-refractivity contribution in [2.24, 2.45) is 0 Å². The van der Waals surface area contributed by atoms with Crippen molar-refractivity contribution >= 4 is 32.6 Å². The highest BCUT2D eigenvalue weighted by Crippen LogP contribution is 2.29. The molecule has 35 heavy (non-hydrogen) atoms. The smallest absolute Gasteiger partial charge is 0.261 e. The zero-order chi connectivity index (χ0) is 24.4. The van der Waals surface area contributed by atoms with Gasteiger partial charge in [-0.25, -0.2) is 12.9 Å². The van der Waals surface area contributed by atoms with Crippen molar-refractivity contribution in [1.82, 2.24) is 14.6 Å². The molecule has 0 spiro atoms. The monoisotopic (exact) mass is 485 g/mol. The van der Waals surface area contributed by atoms with E-state index in [0.29, 0.717) is 11.4 Å². The summed E-state index contributed by atoms with van der Waals surface area (Å²) in [5, 5.41) is 7.79. The summed E-state index contributed by atoms with van der Waals surface area (Å²) in [6.07, 6.45) is 7.10. The highest BCUT2D eigenvalue weighted by atomic mass is 32.2. The largest absolute Gasteiger partial charge is 0.495 e. The first-order chi connectivity index (χ1) is 16.9. The van der Waals surface area contributed by atoms with Gasteiger partial charge in [-0.15, -0.1) is 0 Å². The fourth-order valence-electron chi connectivity index (χ4n) is 3.68. The zero-order valence-electron chi connectivity index (χ0n) is 19.1. The molecule has 2 N–H and O–H groups in total. The number of aryl methyl sites for hydroxylation is 1. The third-order valence-electron chi connectivity index (χ3n) is 5.54. The van der Waals surface area contributed by atoms with Crippen LogP contribution in [-0.4, -0.2) is 30.1 Å². The van der Waals surface area contributed by atoms with Crippen molar-refractivity contribution in [3.8, 4) is 16.9 Å². The Bertz CT molecular complexity index is 1590. The van der Waals surface area contributed by atoms with Gasteiger partial charge < -0.3 is 10.1 Å². The molecule has 0 aliphatic heterocycles. The van der Waals surface area contributed by atoms with Gasteiger partial charge in [0.15, 0.2) is 0 Å². The zero-order valence-corrected chi connectivity index (χ0v) is 20.0. The van der Waals surface area contributed by atoms with E-state index in [0.717, 1.165) is 33.6 Å². The van der Waals surface area contributed by atoms with Gasteiger partial charge >= 0.3 is 0 Å². The van der Waals surface area contributed by atoms with Crippen LogP contribution < -0.4 is 14.8 Å². The number of nitrogens with zero attached hydrogens (tertiary/aromatic N) is 3. The molecule has 0 atom stereocenters. The number of pyridine rings is 2. The van der Waals surface area contributed by atoms with Crippen LogP contribution in [0.5, 0.6) is 5.75 Å². The van der Waals surface area contributed by atoms with Gasteiger partial charge in [0, 0.05) is 40.6 Å². The van der Waals surface area contributed by atoms with Gasteiger partial charge in [-0.3, -0.25) is 9.71 Å². The fraction of sp³-hybridized carbons (Fsp3) is 0.0769. The molecular weight excluding hydrogens is 462 g/mol. The number of fused-ring (bicyclic) bond motifs is 1. The average Bonchev–Trinajstić information content (AvgIpc) is 3.29. The van der Waals surface area contributed by atoms with Crippen molar-refractivity contribution in [3.05, 3.63) is 97.1 Å². The lowest BCUT2D eigenvalue weighted by atomic mass is 10.1. The van der Waals surface area contributed by atoms with Crippen molar-refractivity contribution in [3.63, 3.8) is 0 Å². The van der Waals surface area contributed by atoms with Crippen molar-refractivity contribution < 1.29 is 13.2 Å². The van der Waals surface area contributed by atoms with E-state index in [1.54, 1.807) is 66.6 Å². The molecule has 8 nitrogen and oxygen atoms in total. The van der Waals surface area contributed by atoms with Crippen LogP contribution in [0.25, 0.3) is 16.6 Å². The maximum Gasteiger partial charge on any atom is 0.261 e. The van der Waals surface area contributed by atoms with Gasteiger partial charge in [0.1, 0.15) is 5.75 Å². The number of hydrogen-bond donors (Lipinski definition) is 2. The van der Waals surface area contributed by atoms with Gasteiger partial charge in [-0.05, 0) is 61.5 Å². The van der Waals surface area contributed by atoms with Crippen LogP contribution in [-0.2, 0) is 10.0 Å². The first-order valence-corrected chi connectivity index (χ1v) is 12.3. The predicted molar refractivity (Wildman–Crippen MR) is 137 cm³/mol. The lowest BCUT2D eigenvalue weighted by molar-refractivity contribution is 0.413. The summed E-state index contributed by atoms with van der Waals surface area (Å²) in [4.78, 5) is 4.46. The summed E-state index contributed by atoms with van der Waals surface area (Å²) in [5.41, 5.74) is 5.91. The van der Waals surface area contributed by atoms with E-state index in [1.807, 2.05) is 43.5 Å². The summed E-state index contributed by atoms with van der Waals surface area (Å²) in [5.74, 6) is 0.675. The van der Waals surface area contributed by atoms with Crippen LogP contribution >= 0.6 is 0 Å². The van der Waals surface area contributed by atoms with Crippen molar-refractivity contribution in [2.75, 3.05) is 17.1 Å². The van der Waals surface area contributed by atoms with E-state index in [-0.39, 0.29) is 4.90 Å². The molecule has 0 saturated carbocycles. The molecule has 0 amide bonds. The topological polar surface area (TPSA) is 97.6 Å². The quantitative estimate of drug-likeness (QED) is 0.326. The molecule has 0 aliphatic carbocycles. The van der Waals surface area contributed by atoms with Crippen LogP contribution in [0.4, 0.5) is 17.1 Å². The maximum atomic E-state index is 12.6. The average molecular weight is 486 g/mol. The molecule has 9 heteroatoms. The maximum absolute atomic E-state index is 12.6. The first kappa shape index (κ1) is 22.4. The summed E-state index contributed by atoms with van der Waals surface area (Å²) in [6, 6.07) is 19.6. The van der Waals surface area contributed by atoms with Crippen molar-refractivity contribution in [1.29, 1.82) is 0 Å². The number of sulfonamides is 1. The number of benzene rings is 2. The van der Waals surface area contributed by atoms with Gasteiger partial charge in [0.05, 0.1) is 29.9 Å². The molecule has 2 aromatic carbocycles. The van der Waals surface area contributed by atoms with E-state index in [4.69, 9.17) is 4.74 Å². The highest BCUT2D eigenvalue weighted by molar-refractivity contribution is 7.92. The summed E-state index contributed by atoms with van der Waals surface area (Å²) >= 11 is 0. The Balaban J connectivity index is 1.35. The molecule has 0 saturated heterocycles. The number of ether oxygens (including phenoxy) is 1. The van der Waals surface area contributed by atoms with E-state index in [1.165, 1.54) is 0 Å². The van der Waals surface area contributed by atoms with Crippen molar-refractivity contribution in [2.45, 2.75) is 11.8 Å². The van der Waals surface area contributed by atoms with Gasteiger partial charge in [0.2, 0.25) is 0 Å². The number of anilines is 3. The van der Waals surface area contributed by atoms with Crippen LogP contribution in [0.15, 0.2) is 96.4 Å². The van der Waals surface area contributed by atoms with Gasteiger partial charge in [-0.1, -0.05) is 17.7 Å². The molecule has 3 aromatic heterocycles. The normalized spacial score (nSPS) is 11.4. The third kappa shape index (κ3) is 4.80. The minimum absolute atomic E-state index is 0.224. The Morgan fingerprint density at radius 2 is 1.60 bits per heavy atom. The molecule has 176 valence electrons. The van der Waals surface area contributed by atoms with Crippen LogP contribution in [0.2, 0.25) is 0 Å². The van der Waals surface area contributed by atoms with E-state index >= 15 is 0 Å². The molecule has 3 heterocycles. The summed E-state index contributed by atoms with van der Waals surface area (Å²) < 4.78 is 35.0. The molecule has 5 aromatic rings. The number of rotatable bonds is 7. The molecule has 5 rings (SSSR count). The minimum atomic E-state index is -3.65. The van der Waals surface area contributed by atoms with E-state index in [2.05, 4.69) is 20.1 Å². The molecular formula is C26H23N5O3S. The second-order valence-electron chi connectivity index (χ2n) is 8.04. The number of methoxy groups -OCH3 is 1. The summed E-state index contributed by atoms with van der Waals surface area (Å²) in [6.45, 7) is 1.91. The lowest BCUT2D eigenvalue weighted by Crippen LogP contribution is -2.12. The standard InChI is InChI=1S/C26H23N5O3S/c1-18-3-9-24(10-4-18)35(32,33)30-21-7-5-20(6-8-21)29-22-11-12-31-26(14-22)25(17-28-31)19-13-23(34-2)16-27-15-19/h3-17,29-30H,1-2H3. The Hall–Kier alpha value is -4.37. The molecule has 0 aliphatic rings. The molecule has 0 radical (unpaired) electrons. The Kier molecular flexibility index (Phi) is 5.84. The highest BCUT2D eigenvalue weighted by Gasteiger charge is 2.14. The Morgan fingerprint density at radius 3 is 2.34 bits per heavy atom. The molecule has 0 unspecified atom stereocenters. The number of nitrogens with one attached hydrogen (secondary N) is 2. The van der Waals surface area contributed by atoms with Crippen LogP contribution in [0.1, 0.15) is 5.56 Å². The second-order valence-corrected chi connectivity index (χ2v) is 9.72. The second kappa shape index (κ2) is 9.11.